The molecule has 0 bridgehead atoms. The molecule has 0 radical (unpaired) electrons. The summed E-state index contributed by atoms with van der Waals surface area (Å²) < 4.78 is 2.39. The molecule has 182 valence electrons. The maximum absolute atomic E-state index is 2.57. The van der Waals surface area contributed by atoms with Gasteiger partial charge in [0.1, 0.15) is 7.05 Å². The summed E-state index contributed by atoms with van der Waals surface area (Å²) in [5.41, 5.74) is 16.1. The van der Waals surface area contributed by atoms with E-state index in [4.69, 9.17) is 0 Å². The number of fused-ring (bicyclic) bond motifs is 3. The third-order valence-electron chi connectivity index (χ3n) is 8.97. The van der Waals surface area contributed by atoms with Crippen LogP contribution in [0.25, 0.3) is 33.5 Å². The Hall–Kier alpha value is -3.19. The Kier molecular flexibility index (Phi) is 5.63. The van der Waals surface area contributed by atoms with E-state index in [0.717, 1.165) is 6.42 Å². The van der Waals surface area contributed by atoms with Gasteiger partial charge in [-0.3, -0.25) is 0 Å². The molecule has 1 heterocycles. The highest BCUT2D eigenvalue weighted by atomic mass is 14.9. The van der Waals surface area contributed by atoms with Crippen molar-refractivity contribution in [2.24, 2.45) is 12.5 Å². The average Bonchev–Trinajstić information content (AvgIpc) is 3.23. The predicted molar refractivity (Wildman–Crippen MR) is 151 cm³/mol. The van der Waals surface area contributed by atoms with Crippen LogP contribution in [0.1, 0.15) is 73.3 Å². The number of aryl methyl sites for hydroxylation is 3. The molecule has 2 aliphatic rings. The monoisotopic (exact) mass is 472 g/mol. The highest BCUT2D eigenvalue weighted by molar-refractivity contribution is 5.85. The largest absolute Gasteiger partial charge is 0.213 e. The maximum atomic E-state index is 2.57. The lowest BCUT2D eigenvalue weighted by Gasteiger charge is -2.35. The van der Waals surface area contributed by atoms with Gasteiger partial charge >= 0.3 is 0 Å². The minimum Gasteiger partial charge on any atom is -0.200 e. The van der Waals surface area contributed by atoms with Crippen molar-refractivity contribution in [3.8, 4) is 33.5 Å². The topological polar surface area (TPSA) is 3.88 Å². The van der Waals surface area contributed by atoms with Gasteiger partial charge in [0.05, 0.1) is 5.56 Å². The van der Waals surface area contributed by atoms with E-state index in [2.05, 4.69) is 112 Å². The van der Waals surface area contributed by atoms with Crippen LogP contribution in [-0.2, 0) is 13.5 Å². The number of nitrogens with zero attached hydrogens (tertiary/aromatic N) is 1. The summed E-state index contributed by atoms with van der Waals surface area (Å²) in [5, 5.41) is 0. The van der Waals surface area contributed by atoms with Crippen LogP contribution in [0.2, 0.25) is 0 Å². The second-order valence-corrected chi connectivity index (χ2v) is 12.0. The Morgan fingerprint density at radius 3 is 2.19 bits per heavy atom. The number of hydrogen-bond donors (Lipinski definition) is 0. The molecule has 0 N–H and O–H groups in total. The van der Waals surface area contributed by atoms with Gasteiger partial charge in [0, 0.05) is 11.6 Å². The zero-order valence-corrected chi connectivity index (χ0v) is 22.5. The molecule has 6 rings (SSSR count). The molecule has 3 aromatic carbocycles. The van der Waals surface area contributed by atoms with E-state index in [9.17, 15) is 0 Å². The normalized spacial score (nSPS) is 16.6. The lowest BCUT2D eigenvalue weighted by Crippen LogP contribution is -2.33. The third-order valence-corrected chi connectivity index (χ3v) is 8.97. The Morgan fingerprint density at radius 2 is 1.44 bits per heavy atom. The summed E-state index contributed by atoms with van der Waals surface area (Å²) in [6.45, 7) is 9.42. The van der Waals surface area contributed by atoms with Gasteiger partial charge in [0.2, 0.25) is 5.69 Å². The van der Waals surface area contributed by atoms with Crippen LogP contribution in [-0.4, -0.2) is 0 Å². The molecule has 1 nitrogen and oxygen atoms in total. The van der Waals surface area contributed by atoms with Crippen LogP contribution < -0.4 is 4.57 Å². The van der Waals surface area contributed by atoms with Crippen LogP contribution >= 0.6 is 0 Å². The fourth-order valence-electron chi connectivity index (χ4n) is 6.75. The zero-order valence-electron chi connectivity index (χ0n) is 22.5. The molecule has 1 fully saturated rings. The fraction of sp³-hybridized carbons (Fsp3) is 0.343. The predicted octanol–water partition coefficient (Wildman–Crippen LogP) is 8.72. The van der Waals surface area contributed by atoms with Crippen molar-refractivity contribution >= 4 is 0 Å². The number of benzene rings is 3. The molecule has 0 aliphatic heterocycles. The number of hydrogen-bond acceptors (Lipinski definition) is 0. The minimum atomic E-state index is 0.463. The second kappa shape index (κ2) is 8.73. The number of rotatable bonds is 3. The molecule has 0 atom stereocenters. The van der Waals surface area contributed by atoms with E-state index in [0.29, 0.717) is 11.3 Å². The van der Waals surface area contributed by atoms with Crippen LogP contribution in [0.3, 0.4) is 0 Å². The Labute approximate surface area is 216 Å². The van der Waals surface area contributed by atoms with Crippen LogP contribution in [0.4, 0.5) is 0 Å². The van der Waals surface area contributed by atoms with Crippen molar-refractivity contribution in [3.63, 3.8) is 0 Å². The van der Waals surface area contributed by atoms with Crippen LogP contribution in [0.5, 0.6) is 0 Å². The first-order valence-corrected chi connectivity index (χ1v) is 13.6. The number of aromatic nitrogens is 1. The SMILES string of the molecule is Cc1ccccc1-c1c[n+](C)c(-c2c(C)ccc3c2Cc2ccccc2-3)cc1C1CCC(C)(C)CC1. The molecular formula is C35H38N+. The molecular weight excluding hydrogens is 434 g/mol. The van der Waals surface area contributed by atoms with Gasteiger partial charge < -0.3 is 0 Å². The summed E-state index contributed by atoms with van der Waals surface area (Å²) in [5.74, 6) is 0.613. The summed E-state index contributed by atoms with van der Waals surface area (Å²) in [6.07, 6.45) is 8.60. The van der Waals surface area contributed by atoms with Crippen molar-refractivity contribution in [3.05, 3.63) is 101 Å². The highest BCUT2D eigenvalue weighted by Gasteiger charge is 2.32. The summed E-state index contributed by atoms with van der Waals surface area (Å²) in [6, 6.07) is 25.1. The van der Waals surface area contributed by atoms with E-state index in [-0.39, 0.29) is 0 Å². The molecule has 4 aromatic rings. The van der Waals surface area contributed by atoms with E-state index in [1.165, 1.54) is 81.4 Å². The number of pyridine rings is 1. The van der Waals surface area contributed by atoms with Gasteiger partial charge in [-0.15, -0.1) is 0 Å². The van der Waals surface area contributed by atoms with Crippen molar-refractivity contribution in [2.45, 2.75) is 65.7 Å². The van der Waals surface area contributed by atoms with Crippen molar-refractivity contribution in [1.82, 2.24) is 0 Å². The Balaban J connectivity index is 1.55. The van der Waals surface area contributed by atoms with E-state index >= 15 is 0 Å². The van der Waals surface area contributed by atoms with Gasteiger partial charge in [-0.2, -0.15) is 0 Å². The Morgan fingerprint density at radius 1 is 0.750 bits per heavy atom. The molecule has 2 aliphatic carbocycles. The van der Waals surface area contributed by atoms with Crippen molar-refractivity contribution in [2.75, 3.05) is 0 Å². The first-order chi connectivity index (χ1) is 17.3. The fourth-order valence-corrected chi connectivity index (χ4v) is 6.75. The molecule has 0 spiro atoms. The minimum absolute atomic E-state index is 0.463. The van der Waals surface area contributed by atoms with E-state index in [1.807, 2.05) is 0 Å². The third kappa shape index (κ3) is 3.90. The smallest absolute Gasteiger partial charge is 0.200 e. The van der Waals surface area contributed by atoms with Crippen molar-refractivity contribution in [1.29, 1.82) is 0 Å². The average molecular weight is 473 g/mol. The lowest BCUT2D eigenvalue weighted by molar-refractivity contribution is -0.660. The van der Waals surface area contributed by atoms with Gasteiger partial charge in [0.15, 0.2) is 6.20 Å². The molecule has 1 aromatic heterocycles. The van der Waals surface area contributed by atoms with Gasteiger partial charge in [-0.25, -0.2) is 4.57 Å². The molecule has 0 unspecified atom stereocenters. The van der Waals surface area contributed by atoms with Gasteiger partial charge in [-0.1, -0.05) is 74.5 Å². The van der Waals surface area contributed by atoms with E-state index < -0.39 is 0 Å². The first-order valence-electron chi connectivity index (χ1n) is 13.6. The second-order valence-electron chi connectivity index (χ2n) is 12.0. The molecule has 1 saturated carbocycles. The molecule has 36 heavy (non-hydrogen) atoms. The summed E-state index contributed by atoms with van der Waals surface area (Å²) in [7, 11) is 2.24. The molecule has 1 heteroatoms. The van der Waals surface area contributed by atoms with Crippen molar-refractivity contribution < 1.29 is 4.57 Å². The summed E-state index contributed by atoms with van der Waals surface area (Å²) in [4.78, 5) is 0. The van der Waals surface area contributed by atoms with E-state index in [1.54, 1.807) is 5.56 Å². The van der Waals surface area contributed by atoms with Crippen LogP contribution in [0.15, 0.2) is 72.9 Å². The standard InChI is InChI=1S/C35H38N/c1-23-10-6-8-12-27(23)32-22-36(5)33(21-30(32)25-16-18-35(3,4)19-17-25)34-24(2)14-15-29-28-13-9-7-11-26(28)20-31(29)34/h6-15,21-22,25H,16-20H2,1-5H3/q+1. The van der Waals surface area contributed by atoms with Crippen LogP contribution in [0, 0.1) is 19.3 Å². The quantitative estimate of drug-likeness (QED) is 0.231. The summed E-state index contributed by atoms with van der Waals surface area (Å²) >= 11 is 0. The zero-order chi connectivity index (χ0) is 25.0. The lowest BCUT2D eigenvalue weighted by atomic mass is 9.70. The maximum Gasteiger partial charge on any atom is 0.213 e. The first kappa shape index (κ1) is 23.2. The molecule has 0 saturated heterocycles. The molecule has 0 amide bonds. The highest BCUT2D eigenvalue weighted by Crippen LogP contribution is 2.47. The van der Waals surface area contributed by atoms with Gasteiger partial charge in [0.25, 0.3) is 0 Å². The Bertz CT molecular complexity index is 1460. The van der Waals surface area contributed by atoms with Gasteiger partial charge in [-0.05, 0) is 102 Å².